The summed E-state index contributed by atoms with van der Waals surface area (Å²) in [5.41, 5.74) is 20.5. The summed E-state index contributed by atoms with van der Waals surface area (Å²) >= 11 is 1.86. The monoisotopic (exact) mass is 1330 g/mol. The minimum atomic E-state index is -0.0482. The van der Waals surface area contributed by atoms with Gasteiger partial charge in [0.15, 0.2) is 0 Å². The number of rotatable bonds is 6. The Kier molecular flexibility index (Phi) is 12.9. The molecule has 0 fully saturated rings. The van der Waals surface area contributed by atoms with Crippen molar-refractivity contribution in [3.8, 4) is 78.3 Å². The molecule has 103 heavy (non-hydrogen) atoms. The summed E-state index contributed by atoms with van der Waals surface area (Å²) in [4.78, 5) is 0. The highest BCUT2D eigenvalue weighted by Crippen LogP contribution is 2.57. The summed E-state index contributed by atoms with van der Waals surface area (Å²) in [5, 5.41) is 19.4. The maximum atomic E-state index is 6.98. The molecule has 4 nitrogen and oxygen atoms in total. The lowest BCUT2D eigenvalue weighted by atomic mass is 9.80. The first-order valence-corrected chi connectivity index (χ1v) is 36.4. The molecule has 0 radical (unpaired) electrons. The van der Waals surface area contributed by atoms with Crippen LogP contribution in [-0.4, -0.2) is 12.2 Å². The number of para-hydroxylation sites is 2. The van der Waals surface area contributed by atoms with Gasteiger partial charge in [0, 0.05) is 75.8 Å². The molecule has 23 rings (SSSR count). The van der Waals surface area contributed by atoms with Gasteiger partial charge in [0.05, 0.1) is 0 Å². The highest BCUT2D eigenvalue weighted by Gasteiger charge is 2.39. The van der Waals surface area contributed by atoms with E-state index in [-0.39, 0.29) is 24.0 Å². The van der Waals surface area contributed by atoms with Crippen LogP contribution in [0, 0.1) is 0 Å². The van der Waals surface area contributed by atoms with Crippen molar-refractivity contribution in [2.24, 2.45) is 0 Å². The predicted octanol–water partition coefficient (Wildman–Crippen LogP) is 27.2. The first-order chi connectivity index (χ1) is 51.1. The van der Waals surface area contributed by atoms with E-state index in [9.17, 15) is 0 Å². The number of ether oxygens (including phenoxy) is 2. The fourth-order valence-corrected chi connectivity index (χ4v) is 18.8. The van der Waals surface area contributed by atoms with Crippen molar-refractivity contribution in [1.82, 2.24) is 0 Å². The van der Waals surface area contributed by atoms with Crippen molar-refractivity contribution >= 4 is 129 Å². The predicted molar refractivity (Wildman–Crippen MR) is 431 cm³/mol. The average Bonchev–Trinajstić information content (AvgIpc) is 1.72. The van der Waals surface area contributed by atoms with Gasteiger partial charge in [0.2, 0.25) is 0 Å². The molecule has 2 aliphatic carbocycles. The van der Waals surface area contributed by atoms with Gasteiger partial charge in [-0.05, 0) is 182 Å². The zero-order valence-electron chi connectivity index (χ0n) is 55.7. The van der Waals surface area contributed by atoms with E-state index in [1.54, 1.807) is 0 Å². The molecule has 0 saturated heterocycles. The fraction of sp³-hybridized carbons (Fsp3) is 0.0408. The molecule has 16 aromatic carbocycles. The summed E-state index contributed by atoms with van der Waals surface area (Å²) in [6, 6.07) is 106. The molecule has 4 unspecified atom stereocenters. The molecule has 0 spiro atoms. The van der Waals surface area contributed by atoms with Crippen molar-refractivity contribution in [1.29, 1.82) is 0 Å². The molecule has 2 aliphatic heterocycles. The van der Waals surface area contributed by atoms with Gasteiger partial charge in [-0.25, -0.2) is 0 Å². The molecule has 482 valence electrons. The molecule has 19 aromatic rings. The molecule has 0 N–H and O–H groups in total. The molecule has 5 heteroatoms. The van der Waals surface area contributed by atoms with Crippen LogP contribution in [0.4, 0.5) is 0 Å². The molecular formula is C98H60O4S. The van der Waals surface area contributed by atoms with E-state index < -0.39 is 0 Å². The Balaban J connectivity index is 0.000000130. The molecule has 3 aromatic heterocycles. The zero-order valence-corrected chi connectivity index (χ0v) is 56.5. The van der Waals surface area contributed by atoms with Gasteiger partial charge in [0.1, 0.15) is 46.0 Å². The van der Waals surface area contributed by atoms with Crippen LogP contribution in [0.15, 0.2) is 349 Å². The molecular weight excluding hydrogens is 1270 g/mol. The maximum Gasteiger partial charge on any atom is 0.136 e. The second-order valence-electron chi connectivity index (χ2n) is 27.7. The van der Waals surface area contributed by atoms with Crippen molar-refractivity contribution in [2.75, 3.05) is 0 Å². The van der Waals surface area contributed by atoms with Crippen molar-refractivity contribution in [3.05, 3.63) is 351 Å². The van der Waals surface area contributed by atoms with Crippen LogP contribution < -0.4 is 9.47 Å². The van der Waals surface area contributed by atoms with Gasteiger partial charge in [-0.1, -0.05) is 267 Å². The first-order valence-electron chi connectivity index (χ1n) is 35.6. The van der Waals surface area contributed by atoms with Gasteiger partial charge >= 0.3 is 0 Å². The Bertz CT molecular complexity index is 6870. The number of thiophene rings is 1. The third kappa shape index (κ3) is 8.96. The number of fused-ring (bicyclic) bond motifs is 20. The number of benzene rings is 16. The van der Waals surface area contributed by atoms with E-state index in [1.807, 2.05) is 35.6 Å². The number of hydrogen-bond acceptors (Lipinski definition) is 5. The second-order valence-corrected chi connectivity index (χ2v) is 28.8. The fourth-order valence-electron chi connectivity index (χ4n) is 17.7. The highest BCUT2D eigenvalue weighted by atomic mass is 32.1. The Labute approximate surface area is 596 Å². The first kappa shape index (κ1) is 58.0. The van der Waals surface area contributed by atoms with Gasteiger partial charge in [0.25, 0.3) is 0 Å². The standard InChI is InChI=1S/C50H30O2S.C48H30O2/c1-3-15-37-35(13-1)47(30-21-23-33-32-11-5-8-18-42(32)51-44(33)28-30)36-14-2-4-16-38(36)48(37)40-25-24-31(50-49(40)39-17-6-9-19-43(39)52-50)29-22-26-46-41(27-29)34-12-7-10-20-45(34)53-46;1-2-12-30-27-31(22-21-29(30)11-1)33-25-26-41(47-40-18-8-10-20-43(40)50-48(33)47)46-38-16-5-3-14-36(38)45(37-15-4-6-17-39(37)46)32-23-24-35-34-13-7-9-19-42(34)49-44(35)28-32/h1-28,39,43H;1-28,40,43H. The molecule has 4 atom stereocenters. The van der Waals surface area contributed by atoms with E-state index in [2.05, 4.69) is 316 Å². The van der Waals surface area contributed by atoms with E-state index in [0.29, 0.717) is 0 Å². The molecule has 0 bridgehead atoms. The maximum absolute atomic E-state index is 6.98. The van der Waals surface area contributed by atoms with E-state index in [0.717, 1.165) is 77.6 Å². The summed E-state index contributed by atoms with van der Waals surface area (Å²) < 4.78 is 29.3. The van der Waals surface area contributed by atoms with Crippen LogP contribution in [0.1, 0.15) is 23.0 Å². The average molecular weight is 1330 g/mol. The third-order valence-corrected chi connectivity index (χ3v) is 23.4. The van der Waals surface area contributed by atoms with Gasteiger partial charge in [-0.3, -0.25) is 0 Å². The Morgan fingerprint density at radius 3 is 1.11 bits per heavy atom. The van der Waals surface area contributed by atoms with Crippen molar-refractivity contribution in [3.63, 3.8) is 0 Å². The SMILES string of the molecule is C1=CC2Oc3c(-c4ccc5ccccc5c4)ccc(-c4c5ccccc5c(-c5ccc6c(c5)oc5ccccc56)c5ccccc45)c3C2C=C1.C1=CC2Oc3c(-c4ccc5sc6ccccc6c5c4)ccc(-c4c5ccccc5c(-c5ccc6c(c5)oc5ccccc56)c5ccccc45)c3C2C=C1. The molecule has 0 amide bonds. The van der Waals surface area contributed by atoms with Crippen LogP contribution in [0.25, 0.3) is 185 Å². The third-order valence-electron chi connectivity index (χ3n) is 22.2. The summed E-state index contributed by atoms with van der Waals surface area (Å²) in [6.07, 6.45) is 17.5. The Morgan fingerprint density at radius 2 is 0.602 bits per heavy atom. The minimum absolute atomic E-state index is 0.0392. The van der Waals surface area contributed by atoms with Gasteiger partial charge in [-0.2, -0.15) is 0 Å². The Hall–Kier alpha value is -12.8. The number of furan rings is 2. The van der Waals surface area contributed by atoms with Crippen molar-refractivity contribution < 1.29 is 18.3 Å². The molecule has 0 saturated carbocycles. The lowest BCUT2D eigenvalue weighted by Crippen LogP contribution is -2.15. The normalized spacial score (nSPS) is 16.3. The lowest BCUT2D eigenvalue weighted by molar-refractivity contribution is 0.269. The lowest BCUT2D eigenvalue weighted by Gasteiger charge is -2.21. The van der Waals surface area contributed by atoms with Gasteiger partial charge in [-0.15, -0.1) is 11.3 Å². The zero-order chi connectivity index (χ0) is 67.4. The highest BCUT2D eigenvalue weighted by molar-refractivity contribution is 7.25. The second kappa shape index (κ2) is 22.9. The largest absolute Gasteiger partial charge is 0.484 e. The van der Waals surface area contributed by atoms with Crippen LogP contribution in [-0.2, 0) is 0 Å². The number of hydrogen-bond donors (Lipinski definition) is 0. The quantitative estimate of drug-likeness (QED) is 0.156. The summed E-state index contributed by atoms with van der Waals surface area (Å²) in [6.45, 7) is 0. The molecule has 5 heterocycles. The Morgan fingerprint density at radius 1 is 0.233 bits per heavy atom. The van der Waals surface area contributed by atoms with Crippen LogP contribution in [0.5, 0.6) is 11.5 Å². The molecule has 4 aliphatic rings. The van der Waals surface area contributed by atoms with E-state index in [4.69, 9.17) is 18.3 Å². The van der Waals surface area contributed by atoms with Crippen LogP contribution in [0.3, 0.4) is 0 Å². The number of allylic oxidation sites excluding steroid dienone is 4. The van der Waals surface area contributed by atoms with E-state index >= 15 is 0 Å². The van der Waals surface area contributed by atoms with Crippen molar-refractivity contribution in [2.45, 2.75) is 24.0 Å². The van der Waals surface area contributed by atoms with Gasteiger partial charge < -0.3 is 18.3 Å². The van der Waals surface area contributed by atoms with E-state index in [1.165, 1.54) is 130 Å². The van der Waals surface area contributed by atoms with Crippen LogP contribution in [0.2, 0.25) is 0 Å². The summed E-state index contributed by atoms with van der Waals surface area (Å²) in [7, 11) is 0. The summed E-state index contributed by atoms with van der Waals surface area (Å²) in [5.74, 6) is 2.21. The van der Waals surface area contributed by atoms with Crippen LogP contribution >= 0.6 is 11.3 Å². The topological polar surface area (TPSA) is 44.7 Å². The smallest absolute Gasteiger partial charge is 0.136 e. The minimum Gasteiger partial charge on any atom is -0.484 e.